The number of halogens is 1. The van der Waals surface area contributed by atoms with E-state index >= 15 is 0 Å². The van der Waals surface area contributed by atoms with E-state index < -0.39 is 4.92 Å². The molecule has 0 unspecified atom stereocenters. The summed E-state index contributed by atoms with van der Waals surface area (Å²) < 4.78 is 5.67. The van der Waals surface area contributed by atoms with E-state index in [4.69, 9.17) is 21.3 Å². The topological polar surface area (TPSA) is 104 Å². The Balaban J connectivity index is 1.98. The fourth-order valence-corrected chi connectivity index (χ4v) is 2.65. The Labute approximate surface area is 159 Å². The van der Waals surface area contributed by atoms with Gasteiger partial charge in [-0.1, -0.05) is 23.7 Å². The summed E-state index contributed by atoms with van der Waals surface area (Å²) in [7, 11) is 0. The minimum Gasteiger partial charge on any atom is -0.456 e. The second kappa shape index (κ2) is 7.57. The van der Waals surface area contributed by atoms with Crippen molar-refractivity contribution < 1.29 is 9.34 Å². The minimum absolute atomic E-state index is 0.167. The van der Waals surface area contributed by atoms with Crippen LogP contribution in [0.25, 0.3) is 23.0 Å². The summed E-state index contributed by atoms with van der Waals surface area (Å²) >= 11 is 5.83. The Morgan fingerprint density at radius 3 is 2.48 bits per heavy atom. The van der Waals surface area contributed by atoms with Crippen LogP contribution in [0.5, 0.6) is 0 Å². The molecule has 0 fully saturated rings. The lowest BCUT2D eigenvalue weighted by atomic mass is 10.0. The molecule has 3 aromatic rings. The summed E-state index contributed by atoms with van der Waals surface area (Å²) in [5.74, 6) is 0.664. The fourth-order valence-electron chi connectivity index (χ4n) is 2.49. The van der Waals surface area contributed by atoms with E-state index in [0.29, 0.717) is 33.8 Å². The molecule has 6 nitrogen and oxygen atoms in total. The zero-order valence-corrected chi connectivity index (χ0v) is 14.5. The van der Waals surface area contributed by atoms with Gasteiger partial charge in [0.2, 0.25) is 0 Å². The van der Waals surface area contributed by atoms with E-state index in [0.717, 1.165) is 0 Å². The largest absolute Gasteiger partial charge is 0.456 e. The molecule has 7 heteroatoms. The molecule has 0 spiro atoms. The number of nitriles is 2. The van der Waals surface area contributed by atoms with Crippen LogP contribution in [0.15, 0.2) is 59.0 Å². The predicted molar refractivity (Wildman–Crippen MR) is 100 cm³/mol. The van der Waals surface area contributed by atoms with Gasteiger partial charge < -0.3 is 4.42 Å². The first kappa shape index (κ1) is 17.9. The van der Waals surface area contributed by atoms with Crippen molar-refractivity contribution in [3.63, 3.8) is 0 Å². The summed E-state index contributed by atoms with van der Waals surface area (Å²) in [5.41, 5.74) is 1.59. The van der Waals surface area contributed by atoms with Crippen molar-refractivity contribution in [3.8, 4) is 23.5 Å². The molecule has 0 radical (unpaired) electrons. The molecule has 0 aliphatic carbocycles. The first-order chi connectivity index (χ1) is 13.0. The van der Waals surface area contributed by atoms with Gasteiger partial charge in [-0.3, -0.25) is 10.1 Å². The number of hydrogen-bond acceptors (Lipinski definition) is 5. The average molecular weight is 376 g/mol. The van der Waals surface area contributed by atoms with E-state index in [1.807, 2.05) is 6.07 Å². The summed E-state index contributed by atoms with van der Waals surface area (Å²) in [5, 5.41) is 29.8. The molecular weight excluding hydrogens is 366 g/mol. The zero-order valence-electron chi connectivity index (χ0n) is 13.7. The van der Waals surface area contributed by atoms with Crippen molar-refractivity contribution >= 4 is 28.9 Å². The number of benzene rings is 2. The van der Waals surface area contributed by atoms with E-state index in [-0.39, 0.29) is 10.7 Å². The zero-order chi connectivity index (χ0) is 19.4. The van der Waals surface area contributed by atoms with Gasteiger partial charge >= 0.3 is 0 Å². The Morgan fingerprint density at radius 1 is 1.11 bits per heavy atom. The molecule has 0 saturated carbocycles. The number of nitro benzene ring substituents is 1. The van der Waals surface area contributed by atoms with E-state index in [9.17, 15) is 15.4 Å². The van der Waals surface area contributed by atoms with E-state index in [1.165, 1.54) is 18.2 Å². The molecule has 0 bridgehead atoms. The Bertz CT molecular complexity index is 1130. The lowest BCUT2D eigenvalue weighted by Crippen LogP contribution is -1.91. The molecule has 0 N–H and O–H groups in total. The van der Waals surface area contributed by atoms with Gasteiger partial charge in [-0.15, -0.1) is 0 Å². The molecule has 1 heterocycles. The van der Waals surface area contributed by atoms with Gasteiger partial charge in [-0.2, -0.15) is 10.5 Å². The van der Waals surface area contributed by atoms with Crippen LogP contribution in [0.1, 0.15) is 16.9 Å². The number of nitro groups is 1. The summed E-state index contributed by atoms with van der Waals surface area (Å²) in [4.78, 5) is 10.7. The molecule has 0 saturated heterocycles. The standard InChI is InChI=1S/C20H10ClN3O3/c21-16-5-7-18(19(10-16)24(25)26)20-8-6-17(27-20)9-15(12-23)14-3-1-13(11-22)2-4-14/h1-10H/b15-9-. The molecule has 2 aromatic carbocycles. The first-order valence-corrected chi connectivity index (χ1v) is 8.06. The average Bonchev–Trinajstić information content (AvgIpc) is 3.14. The van der Waals surface area contributed by atoms with Gasteiger partial charge in [-0.05, 0) is 48.0 Å². The third-order valence-electron chi connectivity index (χ3n) is 3.78. The first-order valence-electron chi connectivity index (χ1n) is 7.68. The maximum absolute atomic E-state index is 11.2. The number of hydrogen-bond donors (Lipinski definition) is 0. The molecule has 0 aliphatic rings. The lowest BCUT2D eigenvalue weighted by molar-refractivity contribution is -0.384. The van der Waals surface area contributed by atoms with Crippen LogP contribution in [0, 0.1) is 32.8 Å². The van der Waals surface area contributed by atoms with Crippen LogP contribution in [0.3, 0.4) is 0 Å². The lowest BCUT2D eigenvalue weighted by Gasteiger charge is -2.01. The maximum atomic E-state index is 11.2. The summed E-state index contributed by atoms with van der Waals surface area (Å²) in [6, 6.07) is 18.2. The molecule has 130 valence electrons. The van der Waals surface area contributed by atoms with Crippen molar-refractivity contribution in [1.29, 1.82) is 10.5 Å². The Morgan fingerprint density at radius 2 is 1.85 bits per heavy atom. The van der Waals surface area contributed by atoms with Gasteiger partial charge in [0, 0.05) is 11.1 Å². The summed E-state index contributed by atoms with van der Waals surface area (Å²) in [6.45, 7) is 0. The smallest absolute Gasteiger partial charge is 0.281 e. The van der Waals surface area contributed by atoms with Crippen LogP contribution in [-0.4, -0.2) is 4.92 Å². The SMILES string of the molecule is N#C/C(=C/c1ccc(-c2ccc(Cl)cc2[N+](=O)[O-])o1)c1ccc(C#N)cc1. The Hall–Kier alpha value is -3.87. The highest BCUT2D eigenvalue weighted by molar-refractivity contribution is 6.30. The number of nitrogens with zero attached hydrogens (tertiary/aromatic N) is 3. The molecule has 27 heavy (non-hydrogen) atoms. The molecule has 1 aromatic heterocycles. The maximum Gasteiger partial charge on any atom is 0.281 e. The van der Waals surface area contributed by atoms with Gasteiger partial charge in [0.1, 0.15) is 11.5 Å². The number of furan rings is 1. The monoisotopic (exact) mass is 375 g/mol. The minimum atomic E-state index is -0.531. The Kier molecular flexibility index (Phi) is 5.03. The summed E-state index contributed by atoms with van der Waals surface area (Å²) in [6.07, 6.45) is 1.53. The van der Waals surface area contributed by atoms with Crippen molar-refractivity contribution in [2.45, 2.75) is 0 Å². The van der Waals surface area contributed by atoms with Gasteiger partial charge in [-0.25, -0.2) is 0 Å². The number of allylic oxidation sites excluding steroid dienone is 1. The van der Waals surface area contributed by atoms with Gasteiger partial charge in [0.25, 0.3) is 5.69 Å². The molecule has 0 aliphatic heterocycles. The second-order valence-electron chi connectivity index (χ2n) is 5.48. The highest BCUT2D eigenvalue weighted by Crippen LogP contribution is 2.34. The normalized spacial score (nSPS) is 10.9. The third kappa shape index (κ3) is 3.87. The molecular formula is C20H10ClN3O3. The van der Waals surface area contributed by atoms with Crippen molar-refractivity contribution in [3.05, 3.63) is 86.6 Å². The molecule has 0 atom stereocenters. The van der Waals surface area contributed by atoms with Gasteiger partial charge in [0.15, 0.2) is 0 Å². The highest BCUT2D eigenvalue weighted by atomic mass is 35.5. The number of rotatable bonds is 4. The van der Waals surface area contributed by atoms with Crippen LogP contribution in [0.2, 0.25) is 5.02 Å². The molecule has 3 rings (SSSR count). The highest BCUT2D eigenvalue weighted by Gasteiger charge is 2.18. The van der Waals surface area contributed by atoms with Crippen molar-refractivity contribution in [1.82, 2.24) is 0 Å². The predicted octanol–water partition coefficient (Wildman–Crippen LogP) is 5.44. The van der Waals surface area contributed by atoms with Crippen LogP contribution in [-0.2, 0) is 0 Å². The van der Waals surface area contributed by atoms with E-state index in [2.05, 4.69) is 6.07 Å². The van der Waals surface area contributed by atoms with Crippen LogP contribution >= 0.6 is 11.6 Å². The second-order valence-corrected chi connectivity index (χ2v) is 5.92. The third-order valence-corrected chi connectivity index (χ3v) is 4.02. The van der Waals surface area contributed by atoms with E-state index in [1.54, 1.807) is 42.5 Å². The van der Waals surface area contributed by atoms with Crippen LogP contribution < -0.4 is 0 Å². The van der Waals surface area contributed by atoms with Gasteiger partial charge in [0.05, 0.1) is 33.8 Å². The molecule has 0 amide bonds. The van der Waals surface area contributed by atoms with Crippen molar-refractivity contribution in [2.75, 3.05) is 0 Å². The van der Waals surface area contributed by atoms with Crippen LogP contribution in [0.4, 0.5) is 5.69 Å². The fraction of sp³-hybridized carbons (Fsp3) is 0. The quantitative estimate of drug-likeness (QED) is 0.343. The van der Waals surface area contributed by atoms with Crippen molar-refractivity contribution in [2.24, 2.45) is 0 Å².